The fraction of sp³-hybridized carbons (Fsp3) is 0.474. The van der Waals surface area contributed by atoms with E-state index in [2.05, 4.69) is 17.0 Å². The van der Waals surface area contributed by atoms with Crippen molar-refractivity contribution in [2.24, 2.45) is 5.92 Å². The molecule has 0 saturated carbocycles. The summed E-state index contributed by atoms with van der Waals surface area (Å²) < 4.78 is 5.43. The SMILES string of the molecule is C[C@H]1CCc2onc(C(=O)N3CCN(c4ccc(Cl)cc4)CC3)c2C1. The zero-order chi connectivity index (χ0) is 17.4. The number of halogens is 1. The number of benzene rings is 1. The van der Waals surface area contributed by atoms with Crippen LogP contribution in [0.4, 0.5) is 5.69 Å². The summed E-state index contributed by atoms with van der Waals surface area (Å²) in [6, 6.07) is 7.85. The molecule has 1 atom stereocenters. The van der Waals surface area contributed by atoms with Crippen LogP contribution in [0, 0.1) is 5.92 Å². The first-order valence-corrected chi connectivity index (χ1v) is 9.27. The van der Waals surface area contributed by atoms with Crippen molar-refractivity contribution in [3.8, 4) is 0 Å². The van der Waals surface area contributed by atoms with Crippen LogP contribution in [-0.4, -0.2) is 42.1 Å². The third kappa shape index (κ3) is 3.25. The highest BCUT2D eigenvalue weighted by atomic mass is 35.5. The maximum Gasteiger partial charge on any atom is 0.276 e. The van der Waals surface area contributed by atoms with E-state index in [1.165, 1.54) is 0 Å². The Morgan fingerprint density at radius 2 is 1.92 bits per heavy atom. The lowest BCUT2D eigenvalue weighted by Gasteiger charge is -2.36. The molecule has 1 aromatic heterocycles. The molecule has 1 aliphatic heterocycles. The van der Waals surface area contributed by atoms with E-state index in [0.29, 0.717) is 24.7 Å². The number of piperazine rings is 1. The second-order valence-electron chi connectivity index (χ2n) is 7.04. The third-order valence-electron chi connectivity index (χ3n) is 5.25. The van der Waals surface area contributed by atoms with E-state index < -0.39 is 0 Å². The number of fused-ring (bicyclic) bond motifs is 1. The first-order chi connectivity index (χ1) is 12.1. The maximum atomic E-state index is 12.9. The van der Waals surface area contributed by atoms with Gasteiger partial charge in [-0.2, -0.15) is 0 Å². The molecule has 1 saturated heterocycles. The van der Waals surface area contributed by atoms with Crippen molar-refractivity contribution in [1.29, 1.82) is 0 Å². The molecule has 2 aliphatic rings. The van der Waals surface area contributed by atoms with Crippen LogP contribution in [0.3, 0.4) is 0 Å². The number of rotatable bonds is 2. The molecular weight excluding hydrogens is 338 g/mol. The Labute approximate surface area is 152 Å². The minimum Gasteiger partial charge on any atom is -0.368 e. The van der Waals surface area contributed by atoms with E-state index in [1.54, 1.807) is 0 Å². The van der Waals surface area contributed by atoms with Gasteiger partial charge in [-0.25, -0.2) is 0 Å². The maximum absolute atomic E-state index is 12.9. The molecule has 0 bridgehead atoms. The normalized spacial score (nSPS) is 20.5. The molecule has 2 aromatic rings. The summed E-state index contributed by atoms with van der Waals surface area (Å²) in [5.41, 5.74) is 2.70. The molecule has 6 heteroatoms. The topological polar surface area (TPSA) is 49.6 Å². The van der Waals surface area contributed by atoms with Crippen LogP contribution in [0.25, 0.3) is 0 Å². The fourth-order valence-corrected chi connectivity index (χ4v) is 3.84. The van der Waals surface area contributed by atoms with Gasteiger partial charge in [-0.3, -0.25) is 4.79 Å². The molecule has 0 spiro atoms. The van der Waals surface area contributed by atoms with Gasteiger partial charge in [0.25, 0.3) is 5.91 Å². The number of anilines is 1. The smallest absolute Gasteiger partial charge is 0.276 e. The second kappa shape index (κ2) is 6.71. The minimum atomic E-state index is 0.00913. The highest BCUT2D eigenvalue weighted by molar-refractivity contribution is 6.30. The van der Waals surface area contributed by atoms with E-state index in [0.717, 1.165) is 54.4 Å². The fourth-order valence-electron chi connectivity index (χ4n) is 3.72. The highest BCUT2D eigenvalue weighted by Crippen LogP contribution is 2.29. The Kier molecular flexibility index (Phi) is 4.42. The van der Waals surface area contributed by atoms with Crippen LogP contribution in [0.5, 0.6) is 0 Å². The van der Waals surface area contributed by atoms with E-state index in [9.17, 15) is 4.79 Å². The van der Waals surface area contributed by atoms with E-state index in [4.69, 9.17) is 16.1 Å². The van der Waals surface area contributed by atoms with Gasteiger partial charge in [-0.05, 0) is 43.0 Å². The van der Waals surface area contributed by atoms with Gasteiger partial charge in [-0.15, -0.1) is 0 Å². The van der Waals surface area contributed by atoms with E-state index in [-0.39, 0.29) is 5.91 Å². The molecule has 1 aromatic carbocycles. The van der Waals surface area contributed by atoms with Crippen molar-refractivity contribution < 1.29 is 9.32 Å². The lowest BCUT2D eigenvalue weighted by atomic mass is 9.88. The van der Waals surface area contributed by atoms with Gasteiger partial charge in [0, 0.05) is 48.9 Å². The first kappa shape index (κ1) is 16.5. The number of aromatic nitrogens is 1. The number of amides is 1. The summed E-state index contributed by atoms with van der Waals surface area (Å²) in [7, 11) is 0. The molecule has 0 N–H and O–H groups in total. The van der Waals surface area contributed by atoms with Gasteiger partial charge < -0.3 is 14.3 Å². The molecule has 2 heterocycles. The van der Waals surface area contributed by atoms with Crippen LogP contribution in [0.15, 0.2) is 28.8 Å². The van der Waals surface area contributed by atoms with Gasteiger partial charge in [0.2, 0.25) is 0 Å². The average molecular weight is 360 g/mol. The Balaban J connectivity index is 1.43. The van der Waals surface area contributed by atoms with Crippen LogP contribution in [-0.2, 0) is 12.8 Å². The summed E-state index contributed by atoms with van der Waals surface area (Å²) in [6.07, 6.45) is 2.89. The molecule has 0 radical (unpaired) electrons. The van der Waals surface area contributed by atoms with Gasteiger partial charge >= 0.3 is 0 Å². The lowest BCUT2D eigenvalue weighted by Crippen LogP contribution is -2.49. The van der Waals surface area contributed by atoms with Crippen molar-refractivity contribution >= 4 is 23.2 Å². The van der Waals surface area contributed by atoms with Crippen LogP contribution < -0.4 is 4.90 Å². The monoisotopic (exact) mass is 359 g/mol. The molecule has 0 unspecified atom stereocenters. The Bertz CT molecular complexity index is 763. The number of carbonyl (C=O) groups excluding carboxylic acids is 1. The summed E-state index contributed by atoms with van der Waals surface area (Å²) in [6.45, 7) is 5.22. The second-order valence-corrected chi connectivity index (χ2v) is 7.47. The third-order valence-corrected chi connectivity index (χ3v) is 5.50. The first-order valence-electron chi connectivity index (χ1n) is 8.89. The zero-order valence-electron chi connectivity index (χ0n) is 14.4. The molecule has 4 rings (SSSR count). The number of carbonyl (C=O) groups is 1. The molecule has 1 amide bonds. The Morgan fingerprint density at radius 1 is 1.20 bits per heavy atom. The number of hydrogen-bond donors (Lipinski definition) is 0. The highest BCUT2D eigenvalue weighted by Gasteiger charge is 2.31. The van der Waals surface area contributed by atoms with E-state index >= 15 is 0 Å². The largest absolute Gasteiger partial charge is 0.368 e. The van der Waals surface area contributed by atoms with Crippen molar-refractivity contribution in [2.75, 3.05) is 31.1 Å². The van der Waals surface area contributed by atoms with E-state index in [1.807, 2.05) is 29.2 Å². The molecule has 132 valence electrons. The van der Waals surface area contributed by atoms with Crippen LogP contribution in [0.2, 0.25) is 5.02 Å². The van der Waals surface area contributed by atoms with Crippen molar-refractivity contribution in [3.63, 3.8) is 0 Å². The molecule has 25 heavy (non-hydrogen) atoms. The minimum absolute atomic E-state index is 0.00913. The predicted molar refractivity (Wildman–Crippen MR) is 97.3 cm³/mol. The Hall–Kier alpha value is -2.01. The van der Waals surface area contributed by atoms with Crippen LogP contribution >= 0.6 is 11.6 Å². The number of hydrogen-bond acceptors (Lipinski definition) is 4. The zero-order valence-corrected chi connectivity index (χ0v) is 15.1. The van der Waals surface area contributed by atoms with Crippen molar-refractivity contribution in [3.05, 3.63) is 46.3 Å². The molecule has 1 fully saturated rings. The number of nitrogens with zero attached hydrogens (tertiary/aromatic N) is 3. The van der Waals surface area contributed by atoms with Crippen molar-refractivity contribution in [2.45, 2.75) is 26.2 Å². The van der Waals surface area contributed by atoms with Gasteiger partial charge in [-0.1, -0.05) is 23.7 Å². The standard InChI is InChI=1S/C19H22ClN3O2/c1-13-2-7-17-16(12-13)18(21-25-17)19(24)23-10-8-22(9-11-23)15-5-3-14(20)4-6-15/h3-6,13H,2,7-12H2,1H3/t13-/m0/s1. The predicted octanol–water partition coefficient (Wildman–Crippen LogP) is 3.42. The quantitative estimate of drug-likeness (QED) is 0.824. The summed E-state index contributed by atoms with van der Waals surface area (Å²) in [4.78, 5) is 17.1. The van der Waals surface area contributed by atoms with Gasteiger partial charge in [0.1, 0.15) is 5.76 Å². The van der Waals surface area contributed by atoms with Gasteiger partial charge in [0.05, 0.1) is 0 Å². The van der Waals surface area contributed by atoms with Crippen molar-refractivity contribution in [1.82, 2.24) is 10.1 Å². The lowest BCUT2D eigenvalue weighted by molar-refractivity contribution is 0.0735. The Morgan fingerprint density at radius 3 is 2.64 bits per heavy atom. The number of aryl methyl sites for hydroxylation is 1. The molecular formula is C19H22ClN3O2. The summed E-state index contributed by atoms with van der Waals surface area (Å²) in [5.74, 6) is 1.50. The van der Waals surface area contributed by atoms with Crippen LogP contribution in [0.1, 0.15) is 35.2 Å². The molecule has 1 aliphatic carbocycles. The summed E-state index contributed by atoms with van der Waals surface area (Å²) in [5, 5.41) is 4.84. The molecule has 5 nitrogen and oxygen atoms in total. The average Bonchev–Trinajstić information content (AvgIpc) is 3.05. The summed E-state index contributed by atoms with van der Waals surface area (Å²) >= 11 is 5.95. The van der Waals surface area contributed by atoms with Gasteiger partial charge in [0.15, 0.2) is 5.69 Å².